The van der Waals surface area contributed by atoms with E-state index < -0.39 is 0 Å². The van der Waals surface area contributed by atoms with E-state index in [1.54, 1.807) is 0 Å². The first kappa shape index (κ1) is 12.4. The summed E-state index contributed by atoms with van der Waals surface area (Å²) in [7, 11) is 0. The van der Waals surface area contributed by atoms with Crippen molar-refractivity contribution < 1.29 is 4.79 Å². The summed E-state index contributed by atoms with van der Waals surface area (Å²) < 4.78 is 0. The highest BCUT2D eigenvalue weighted by atomic mass is 32.1. The van der Waals surface area contributed by atoms with E-state index in [1.807, 2.05) is 20.8 Å². The van der Waals surface area contributed by atoms with Gasteiger partial charge in [-0.1, -0.05) is 33.0 Å². The van der Waals surface area contributed by atoms with Crippen molar-refractivity contribution in [3.8, 4) is 0 Å². The summed E-state index contributed by atoms with van der Waals surface area (Å²) in [5, 5.41) is 2.79. The van der Waals surface area contributed by atoms with E-state index in [4.69, 9.17) is 18.0 Å². The summed E-state index contributed by atoms with van der Waals surface area (Å²) in [6.45, 7) is 5.95. The maximum absolute atomic E-state index is 11.3. The van der Waals surface area contributed by atoms with Crippen LogP contribution in [0.1, 0.15) is 33.6 Å². The highest BCUT2D eigenvalue weighted by Gasteiger charge is 2.13. The molecule has 0 spiro atoms. The number of amides is 1. The van der Waals surface area contributed by atoms with Gasteiger partial charge in [0.25, 0.3) is 0 Å². The van der Waals surface area contributed by atoms with Crippen molar-refractivity contribution in [3.05, 3.63) is 0 Å². The topological polar surface area (TPSA) is 55.1 Å². The minimum absolute atomic E-state index is 0.0228. The largest absolute Gasteiger partial charge is 0.392 e. The Morgan fingerprint density at radius 3 is 2.38 bits per heavy atom. The molecule has 0 saturated carbocycles. The number of nitrogens with one attached hydrogen (secondary N) is 1. The Kier molecular flexibility index (Phi) is 5.62. The molecule has 0 aromatic rings. The molecule has 0 heterocycles. The highest BCUT2D eigenvalue weighted by molar-refractivity contribution is 7.80. The summed E-state index contributed by atoms with van der Waals surface area (Å²) in [6, 6.07) is -0.152. The molecule has 3 N–H and O–H groups in total. The quantitative estimate of drug-likeness (QED) is 0.659. The van der Waals surface area contributed by atoms with Gasteiger partial charge in [0.15, 0.2) is 0 Å². The lowest BCUT2D eigenvalue weighted by Crippen LogP contribution is -2.43. The minimum atomic E-state index is -0.152. The van der Waals surface area contributed by atoms with Crippen LogP contribution in [0.4, 0.5) is 0 Å². The minimum Gasteiger partial charge on any atom is -0.392 e. The summed E-state index contributed by atoms with van der Waals surface area (Å²) in [4.78, 5) is 11.7. The zero-order chi connectivity index (χ0) is 10.4. The van der Waals surface area contributed by atoms with Gasteiger partial charge < -0.3 is 11.1 Å². The van der Waals surface area contributed by atoms with Gasteiger partial charge in [0, 0.05) is 6.42 Å². The zero-order valence-corrected chi connectivity index (χ0v) is 9.28. The summed E-state index contributed by atoms with van der Waals surface area (Å²) in [5.74, 6) is 0.388. The van der Waals surface area contributed by atoms with Crippen LogP contribution in [0, 0.1) is 5.92 Å². The molecule has 0 radical (unpaired) electrons. The third kappa shape index (κ3) is 5.58. The average Bonchev–Trinajstić information content (AvgIpc) is 1.98. The van der Waals surface area contributed by atoms with Gasteiger partial charge in [-0.3, -0.25) is 4.79 Å². The van der Waals surface area contributed by atoms with E-state index in [0.29, 0.717) is 17.3 Å². The summed E-state index contributed by atoms with van der Waals surface area (Å²) >= 11 is 4.81. The maximum atomic E-state index is 11.3. The Balaban J connectivity index is 3.94. The third-order valence-electron chi connectivity index (χ3n) is 1.68. The van der Waals surface area contributed by atoms with E-state index in [9.17, 15) is 4.79 Å². The van der Waals surface area contributed by atoms with Crippen LogP contribution in [-0.2, 0) is 4.79 Å². The molecular formula is C9H18N2OS. The van der Waals surface area contributed by atoms with Gasteiger partial charge in [-0.2, -0.15) is 0 Å². The van der Waals surface area contributed by atoms with Gasteiger partial charge in [-0.15, -0.1) is 0 Å². The zero-order valence-electron chi connectivity index (χ0n) is 8.46. The van der Waals surface area contributed by atoms with Gasteiger partial charge in [-0.25, -0.2) is 0 Å². The fraction of sp³-hybridized carbons (Fsp3) is 0.778. The van der Waals surface area contributed by atoms with E-state index in [-0.39, 0.29) is 11.9 Å². The molecule has 0 bridgehead atoms. The Hall–Kier alpha value is -0.640. The van der Waals surface area contributed by atoms with Crippen molar-refractivity contribution in [1.82, 2.24) is 5.32 Å². The number of nitrogens with two attached hydrogens (primary N) is 1. The number of thiocarbonyl (C=S) groups is 1. The molecule has 1 amide bonds. The molecule has 0 aromatic carbocycles. The predicted octanol–water partition coefficient (Wildman–Crippen LogP) is 1.21. The van der Waals surface area contributed by atoms with Gasteiger partial charge in [0.2, 0.25) is 5.91 Å². The van der Waals surface area contributed by atoms with Crippen LogP contribution in [0.3, 0.4) is 0 Å². The van der Waals surface area contributed by atoms with Crippen LogP contribution in [0.25, 0.3) is 0 Å². The smallest absolute Gasteiger partial charge is 0.220 e. The fourth-order valence-corrected chi connectivity index (χ4v) is 1.22. The molecule has 1 unspecified atom stereocenters. The van der Waals surface area contributed by atoms with Crippen molar-refractivity contribution in [2.75, 3.05) is 0 Å². The second-order valence-electron chi connectivity index (χ2n) is 3.53. The average molecular weight is 202 g/mol. The number of carbonyl (C=O) groups excluding carboxylic acids is 1. The predicted molar refractivity (Wildman–Crippen MR) is 58.5 cm³/mol. The third-order valence-corrected chi connectivity index (χ3v) is 1.97. The molecule has 0 rings (SSSR count). The Labute approximate surface area is 85.1 Å². The van der Waals surface area contributed by atoms with E-state index in [0.717, 1.165) is 6.42 Å². The van der Waals surface area contributed by atoms with E-state index >= 15 is 0 Å². The Morgan fingerprint density at radius 1 is 1.54 bits per heavy atom. The molecule has 76 valence electrons. The lowest BCUT2D eigenvalue weighted by atomic mass is 10.1. The summed E-state index contributed by atoms with van der Waals surface area (Å²) in [6.07, 6.45) is 1.28. The standard InChI is InChI=1S/C9H18N2OS/c1-4-7(9(10)13)11-8(12)5-6(2)3/h6-7H,4-5H2,1-3H3,(H2,10,13)(H,11,12). The van der Waals surface area contributed by atoms with Crippen LogP contribution in [0.5, 0.6) is 0 Å². The highest BCUT2D eigenvalue weighted by Crippen LogP contribution is 2.00. The molecule has 1 atom stereocenters. The molecule has 0 aliphatic rings. The van der Waals surface area contributed by atoms with Gasteiger partial charge in [0.05, 0.1) is 11.0 Å². The molecule has 0 aromatic heterocycles. The first-order valence-electron chi connectivity index (χ1n) is 4.56. The lowest BCUT2D eigenvalue weighted by Gasteiger charge is -2.15. The number of hydrogen-bond donors (Lipinski definition) is 2. The van der Waals surface area contributed by atoms with Crippen molar-refractivity contribution in [3.63, 3.8) is 0 Å². The van der Waals surface area contributed by atoms with Crippen molar-refractivity contribution in [1.29, 1.82) is 0 Å². The molecule has 4 heteroatoms. The normalized spacial score (nSPS) is 12.6. The second-order valence-corrected chi connectivity index (χ2v) is 4.00. The van der Waals surface area contributed by atoms with Gasteiger partial charge >= 0.3 is 0 Å². The van der Waals surface area contributed by atoms with Crippen molar-refractivity contribution >= 4 is 23.1 Å². The van der Waals surface area contributed by atoms with E-state index in [1.165, 1.54) is 0 Å². The molecule has 13 heavy (non-hydrogen) atoms. The van der Waals surface area contributed by atoms with Crippen molar-refractivity contribution in [2.45, 2.75) is 39.7 Å². The van der Waals surface area contributed by atoms with Gasteiger partial charge in [0.1, 0.15) is 0 Å². The summed E-state index contributed by atoms with van der Waals surface area (Å²) in [5.41, 5.74) is 5.44. The van der Waals surface area contributed by atoms with E-state index in [2.05, 4.69) is 5.32 Å². The molecular weight excluding hydrogens is 184 g/mol. The van der Waals surface area contributed by atoms with Crippen LogP contribution in [-0.4, -0.2) is 16.9 Å². The van der Waals surface area contributed by atoms with Crippen LogP contribution in [0.15, 0.2) is 0 Å². The van der Waals surface area contributed by atoms with Crippen LogP contribution in [0.2, 0.25) is 0 Å². The van der Waals surface area contributed by atoms with Gasteiger partial charge in [-0.05, 0) is 12.3 Å². The Bertz CT molecular complexity index is 192. The molecule has 0 aliphatic heterocycles. The maximum Gasteiger partial charge on any atom is 0.220 e. The van der Waals surface area contributed by atoms with Crippen LogP contribution < -0.4 is 11.1 Å². The van der Waals surface area contributed by atoms with Crippen molar-refractivity contribution in [2.24, 2.45) is 11.7 Å². The monoisotopic (exact) mass is 202 g/mol. The molecule has 3 nitrogen and oxygen atoms in total. The number of rotatable bonds is 5. The molecule has 0 aliphatic carbocycles. The first-order chi connectivity index (χ1) is 5.97. The second kappa shape index (κ2) is 5.91. The lowest BCUT2D eigenvalue weighted by molar-refractivity contribution is -0.122. The SMILES string of the molecule is CCC(NC(=O)CC(C)C)C(N)=S. The first-order valence-corrected chi connectivity index (χ1v) is 4.96. The number of carbonyl (C=O) groups is 1. The fourth-order valence-electron chi connectivity index (χ4n) is 0.998. The Morgan fingerprint density at radius 2 is 2.08 bits per heavy atom. The van der Waals surface area contributed by atoms with Crippen LogP contribution >= 0.6 is 12.2 Å². The molecule has 0 saturated heterocycles. The number of hydrogen-bond acceptors (Lipinski definition) is 2. The molecule has 0 fully saturated rings.